The van der Waals surface area contributed by atoms with Gasteiger partial charge in [-0.3, -0.25) is 4.79 Å². The lowest BCUT2D eigenvalue weighted by Crippen LogP contribution is -2.04. The summed E-state index contributed by atoms with van der Waals surface area (Å²) in [6.45, 7) is 0. The summed E-state index contributed by atoms with van der Waals surface area (Å²) in [7, 11) is 1.33. The molecule has 3 nitrogen and oxygen atoms in total. The zero-order chi connectivity index (χ0) is 15.2. The van der Waals surface area contributed by atoms with Crippen molar-refractivity contribution in [3.05, 3.63) is 74.9 Å². The zero-order valence-corrected chi connectivity index (χ0v) is 13.5. The first kappa shape index (κ1) is 15.4. The summed E-state index contributed by atoms with van der Waals surface area (Å²) >= 11 is 2.04. The average Bonchev–Trinajstić information content (AvgIpc) is 2.52. The number of methoxy groups -OCH3 is 1. The molecule has 0 bridgehead atoms. The summed E-state index contributed by atoms with van der Waals surface area (Å²) in [5, 5.41) is 0. The minimum atomic E-state index is -0.410. The number of hydrogen-bond acceptors (Lipinski definition) is 3. The second kappa shape index (κ2) is 7.17. The lowest BCUT2D eigenvalue weighted by atomic mass is 10.1. The molecule has 0 spiro atoms. The first-order chi connectivity index (χ1) is 10.1. The highest BCUT2D eigenvalue weighted by Gasteiger charge is 2.11. The Labute approximate surface area is 136 Å². The van der Waals surface area contributed by atoms with Gasteiger partial charge < -0.3 is 4.74 Å². The van der Waals surface area contributed by atoms with Crippen LogP contribution >= 0.6 is 22.6 Å². The van der Waals surface area contributed by atoms with Gasteiger partial charge in [-0.05, 0) is 52.4 Å². The van der Waals surface area contributed by atoms with Crippen molar-refractivity contribution in [3.63, 3.8) is 0 Å². The van der Waals surface area contributed by atoms with E-state index in [1.807, 2.05) is 52.9 Å². The van der Waals surface area contributed by atoms with Crippen molar-refractivity contribution in [3.8, 4) is 0 Å². The SMILES string of the molecule is COC(=O)c1ccc(C(=O)/C=C/c2ccccc2)c(I)c1. The van der Waals surface area contributed by atoms with E-state index in [2.05, 4.69) is 4.74 Å². The highest BCUT2D eigenvalue weighted by molar-refractivity contribution is 14.1. The molecule has 0 amide bonds. The number of carbonyl (C=O) groups excluding carboxylic acids is 2. The highest BCUT2D eigenvalue weighted by atomic mass is 127. The van der Waals surface area contributed by atoms with Crippen LogP contribution in [0.3, 0.4) is 0 Å². The van der Waals surface area contributed by atoms with Gasteiger partial charge in [0.2, 0.25) is 0 Å². The molecule has 0 aromatic heterocycles. The molecule has 0 fully saturated rings. The number of hydrogen-bond donors (Lipinski definition) is 0. The zero-order valence-electron chi connectivity index (χ0n) is 11.4. The maximum Gasteiger partial charge on any atom is 0.337 e. The number of esters is 1. The van der Waals surface area contributed by atoms with Gasteiger partial charge in [0.25, 0.3) is 0 Å². The van der Waals surface area contributed by atoms with Crippen molar-refractivity contribution in [1.82, 2.24) is 0 Å². The van der Waals surface area contributed by atoms with E-state index < -0.39 is 5.97 Å². The van der Waals surface area contributed by atoms with Crippen molar-refractivity contribution < 1.29 is 14.3 Å². The van der Waals surface area contributed by atoms with Gasteiger partial charge in [0, 0.05) is 9.13 Å². The van der Waals surface area contributed by atoms with E-state index in [0.29, 0.717) is 11.1 Å². The molecule has 0 unspecified atom stereocenters. The van der Waals surface area contributed by atoms with Crippen LogP contribution in [0.1, 0.15) is 26.3 Å². The molecule has 0 aliphatic heterocycles. The topological polar surface area (TPSA) is 43.4 Å². The van der Waals surface area contributed by atoms with Gasteiger partial charge in [0.05, 0.1) is 12.7 Å². The molecule has 0 saturated heterocycles. The predicted octanol–water partition coefficient (Wildman–Crippen LogP) is 3.97. The number of rotatable bonds is 4. The Morgan fingerprint density at radius 1 is 1.10 bits per heavy atom. The van der Waals surface area contributed by atoms with E-state index in [-0.39, 0.29) is 5.78 Å². The van der Waals surface area contributed by atoms with Gasteiger partial charge in [-0.2, -0.15) is 0 Å². The molecule has 2 aromatic carbocycles. The lowest BCUT2D eigenvalue weighted by Gasteiger charge is -2.03. The Balaban J connectivity index is 2.20. The third kappa shape index (κ3) is 4.01. The van der Waals surface area contributed by atoms with Crippen LogP contribution in [0.15, 0.2) is 54.6 Å². The largest absolute Gasteiger partial charge is 0.465 e. The molecule has 21 heavy (non-hydrogen) atoms. The second-order valence-corrected chi connectivity index (χ2v) is 5.46. The summed E-state index contributed by atoms with van der Waals surface area (Å²) in [5.74, 6) is -0.508. The number of ketones is 1. The molecule has 0 N–H and O–H groups in total. The van der Waals surface area contributed by atoms with E-state index in [0.717, 1.165) is 9.13 Å². The monoisotopic (exact) mass is 392 g/mol. The predicted molar refractivity (Wildman–Crippen MR) is 90.3 cm³/mol. The van der Waals surface area contributed by atoms with E-state index in [9.17, 15) is 9.59 Å². The molecule has 0 radical (unpaired) electrons. The fourth-order valence-electron chi connectivity index (χ4n) is 1.79. The van der Waals surface area contributed by atoms with Crippen LogP contribution in [0.4, 0.5) is 0 Å². The Morgan fingerprint density at radius 3 is 2.43 bits per heavy atom. The molecule has 0 aliphatic carbocycles. The molecular weight excluding hydrogens is 379 g/mol. The fraction of sp³-hybridized carbons (Fsp3) is 0.0588. The van der Waals surface area contributed by atoms with Gasteiger partial charge in [0.15, 0.2) is 5.78 Å². The van der Waals surface area contributed by atoms with Gasteiger partial charge in [-0.15, -0.1) is 0 Å². The van der Waals surface area contributed by atoms with Crippen LogP contribution < -0.4 is 0 Å². The van der Waals surface area contributed by atoms with Crippen molar-refractivity contribution in [2.24, 2.45) is 0 Å². The van der Waals surface area contributed by atoms with Crippen LogP contribution in [0.2, 0.25) is 0 Å². The molecule has 4 heteroatoms. The third-order valence-corrected chi connectivity index (χ3v) is 3.77. The Hall–Kier alpha value is -1.95. The maximum atomic E-state index is 12.2. The molecule has 0 atom stereocenters. The van der Waals surface area contributed by atoms with Crippen LogP contribution in [0, 0.1) is 3.57 Å². The molecular formula is C17H13IO3. The van der Waals surface area contributed by atoms with Gasteiger partial charge in [-0.1, -0.05) is 36.4 Å². The number of allylic oxidation sites excluding steroid dienone is 1. The minimum Gasteiger partial charge on any atom is -0.465 e. The van der Waals surface area contributed by atoms with Crippen molar-refractivity contribution >= 4 is 40.4 Å². The summed E-state index contributed by atoms with van der Waals surface area (Å²) in [6, 6.07) is 14.5. The van der Waals surface area contributed by atoms with Crippen molar-refractivity contribution in [2.45, 2.75) is 0 Å². The molecule has 2 rings (SSSR count). The summed E-state index contributed by atoms with van der Waals surface area (Å²) in [5.41, 5.74) is 1.97. The Morgan fingerprint density at radius 2 is 1.81 bits per heavy atom. The number of ether oxygens (including phenoxy) is 1. The van der Waals surface area contributed by atoms with Crippen molar-refractivity contribution in [1.29, 1.82) is 0 Å². The minimum absolute atomic E-state index is 0.0975. The average molecular weight is 392 g/mol. The third-order valence-electron chi connectivity index (χ3n) is 2.88. The molecule has 0 heterocycles. The quantitative estimate of drug-likeness (QED) is 0.342. The van der Waals surface area contributed by atoms with E-state index >= 15 is 0 Å². The van der Waals surface area contributed by atoms with Crippen LogP contribution in [0.5, 0.6) is 0 Å². The van der Waals surface area contributed by atoms with E-state index in [4.69, 9.17) is 0 Å². The summed E-state index contributed by atoms with van der Waals surface area (Å²) < 4.78 is 5.38. The molecule has 0 aliphatic rings. The van der Waals surface area contributed by atoms with Crippen LogP contribution in [-0.2, 0) is 4.74 Å². The second-order valence-electron chi connectivity index (χ2n) is 4.29. The fourth-order valence-corrected chi connectivity index (χ4v) is 2.57. The number of carbonyl (C=O) groups is 2. The Kier molecular flexibility index (Phi) is 5.27. The standard InChI is InChI=1S/C17H13IO3/c1-21-17(20)13-8-9-14(15(18)11-13)16(19)10-7-12-5-3-2-4-6-12/h2-11H,1H3/b10-7+. The first-order valence-corrected chi connectivity index (χ1v) is 7.35. The summed E-state index contributed by atoms with van der Waals surface area (Å²) in [6.07, 6.45) is 3.30. The normalized spacial score (nSPS) is 10.6. The summed E-state index contributed by atoms with van der Waals surface area (Å²) in [4.78, 5) is 23.6. The molecule has 0 saturated carbocycles. The first-order valence-electron chi connectivity index (χ1n) is 6.27. The molecule has 106 valence electrons. The number of benzene rings is 2. The lowest BCUT2D eigenvalue weighted by molar-refractivity contribution is 0.0600. The van der Waals surface area contributed by atoms with Gasteiger partial charge >= 0.3 is 5.97 Å². The van der Waals surface area contributed by atoms with E-state index in [1.54, 1.807) is 24.3 Å². The van der Waals surface area contributed by atoms with Crippen molar-refractivity contribution in [2.75, 3.05) is 7.11 Å². The maximum absolute atomic E-state index is 12.2. The Bertz CT molecular complexity index is 690. The molecule has 2 aromatic rings. The van der Waals surface area contributed by atoms with Crippen LogP contribution in [-0.4, -0.2) is 18.9 Å². The van der Waals surface area contributed by atoms with Crippen LogP contribution in [0.25, 0.3) is 6.08 Å². The smallest absolute Gasteiger partial charge is 0.337 e. The highest BCUT2D eigenvalue weighted by Crippen LogP contribution is 2.17. The van der Waals surface area contributed by atoms with Gasteiger partial charge in [-0.25, -0.2) is 4.79 Å². The number of halogens is 1. The van der Waals surface area contributed by atoms with Gasteiger partial charge in [0.1, 0.15) is 0 Å². The van der Waals surface area contributed by atoms with E-state index in [1.165, 1.54) is 13.2 Å².